The van der Waals surface area contributed by atoms with Crippen LogP contribution in [0.3, 0.4) is 0 Å². The van der Waals surface area contributed by atoms with E-state index in [0.29, 0.717) is 17.9 Å². The number of amides is 1. The van der Waals surface area contributed by atoms with Crippen LogP contribution < -0.4 is 5.32 Å². The fourth-order valence-electron chi connectivity index (χ4n) is 4.12. The number of nitrogens with one attached hydrogen (secondary N) is 1. The van der Waals surface area contributed by atoms with Gasteiger partial charge in [-0.05, 0) is 25.8 Å². The normalized spacial score (nSPS) is 30.5. The fraction of sp³-hybridized carbons (Fsp3) is 0.824. The molecule has 0 aromatic heterocycles. The van der Waals surface area contributed by atoms with Gasteiger partial charge < -0.3 is 10.2 Å². The van der Waals surface area contributed by atoms with E-state index in [-0.39, 0.29) is 12.3 Å². The van der Waals surface area contributed by atoms with E-state index >= 15 is 0 Å². The van der Waals surface area contributed by atoms with Crippen LogP contribution in [-0.4, -0.2) is 79.0 Å². The number of fused-ring (bicyclic) bond motifs is 1. The van der Waals surface area contributed by atoms with Gasteiger partial charge in [0.2, 0.25) is 5.91 Å². The van der Waals surface area contributed by atoms with E-state index < -0.39 is 0 Å². The molecule has 0 bridgehead atoms. The van der Waals surface area contributed by atoms with Crippen LogP contribution in [0.4, 0.5) is 0 Å². The molecular weight excluding hydrogens is 304 g/mol. The van der Waals surface area contributed by atoms with Crippen molar-refractivity contribution in [2.45, 2.75) is 32.2 Å². The minimum atomic E-state index is -0.0351. The molecule has 0 spiro atoms. The molecule has 0 saturated carbocycles. The molecule has 0 aromatic carbocycles. The van der Waals surface area contributed by atoms with Gasteiger partial charge in [0, 0.05) is 38.1 Å². The maximum Gasteiger partial charge on any atom is 0.236 e. The molecule has 3 aliphatic heterocycles. The predicted octanol–water partition coefficient (Wildman–Crippen LogP) is 0.307. The monoisotopic (exact) mass is 332 g/mol. The molecule has 3 unspecified atom stereocenters. The molecule has 7 nitrogen and oxygen atoms in total. The van der Waals surface area contributed by atoms with Crippen LogP contribution in [0.25, 0.3) is 0 Å². The summed E-state index contributed by atoms with van der Waals surface area (Å²) >= 11 is 0. The first kappa shape index (κ1) is 17.2. The molecule has 2 fully saturated rings. The highest BCUT2D eigenvalue weighted by molar-refractivity contribution is 5.87. The predicted molar refractivity (Wildman–Crippen MR) is 92.1 cm³/mol. The van der Waals surface area contributed by atoms with Gasteiger partial charge in [0.05, 0.1) is 19.4 Å². The van der Waals surface area contributed by atoms with Gasteiger partial charge in [-0.3, -0.25) is 19.6 Å². The number of rotatable bonds is 4. The van der Waals surface area contributed by atoms with E-state index in [1.807, 2.05) is 11.0 Å². The Bertz CT molecular complexity index is 542. The summed E-state index contributed by atoms with van der Waals surface area (Å²) in [5.41, 5.74) is 0. The highest BCUT2D eigenvalue weighted by Crippen LogP contribution is 2.23. The lowest BCUT2D eigenvalue weighted by Crippen LogP contribution is -2.55. The number of piperidine rings is 1. The molecule has 1 amide bonds. The van der Waals surface area contributed by atoms with E-state index in [2.05, 4.69) is 34.1 Å². The van der Waals surface area contributed by atoms with Gasteiger partial charge in [0.1, 0.15) is 12.3 Å². The van der Waals surface area contributed by atoms with Crippen molar-refractivity contribution < 1.29 is 4.79 Å². The van der Waals surface area contributed by atoms with Crippen molar-refractivity contribution in [3.8, 4) is 6.07 Å². The zero-order valence-corrected chi connectivity index (χ0v) is 14.7. The summed E-state index contributed by atoms with van der Waals surface area (Å²) in [5, 5.41) is 12.1. The first-order valence-corrected chi connectivity index (χ1v) is 8.94. The highest BCUT2D eigenvalue weighted by Gasteiger charge is 2.33. The number of carbonyl (C=O) groups is 1. The minimum absolute atomic E-state index is 0.0108. The van der Waals surface area contributed by atoms with Crippen LogP contribution in [0, 0.1) is 23.2 Å². The van der Waals surface area contributed by atoms with E-state index in [1.54, 1.807) is 0 Å². The quantitative estimate of drug-likeness (QED) is 0.802. The third kappa shape index (κ3) is 3.70. The molecule has 3 heterocycles. The molecule has 132 valence electrons. The van der Waals surface area contributed by atoms with Gasteiger partial charge in [-0.25, -0.2) is 0 Å². The van der Waals surface area contributed by atoms with Crippen molar-refractivity contribution in [3.05, 3.63) is 0 Å². The standard InChI is InChI=1S/C17H28N6O/c1-13-5-8-23(16(24)3-6-18)10-15(13)21(2)12-22-9-14-4-7-19-17(14)20-11-22/h13-15H,3-5,7-12H2,1-2H3,(H,19,20). The molecule has 24 heavy (non-hydrogen) atoms. The van der Waals surface area contributed by atoms with E-state index in [4.69, 9.17) is 5.26 Å². The van der Waals surface area contributed by atoms with Crippen LogP contribution in [0.5, 0.6) is 0 Å². The highest BCUT2D eigenvalue weighted by atomic mass is 16.2. The van der Waals surface area contributed by atoms with Crippen LogP contribution in [0.1, 0.15) is 26.2 Å². The summed E-state index contributed by atoms with van der Waals surface area (Å²) in [6.07, 6.45) is 2.17. The number of carbonyl (C=O) groups excluding carboxylic acids is 1. The number of hydrogen-bond acceptors (Lipinski definition) is 6. The minimum Gasteiger partial charge on any atom is -0.373 e. The molecule has 2 saturated heterocycles. The summed E-state index contributed by atoms with van der Waals surface area (Å²) in [6.45, 7) is 7.50. The molecule has 0 aliphatic carbocycles. The van der Waals surface area contributed by atoms with Gasteiger partial charge >= 0.3 is 0 Å². The van der Waals surface area contributed by atoms with Crippen LogP contribution >= 0.6 is 0 Å². The number of amidine groups is 1. The van der Waals surface area contributed by atoms with Gasteiger partial charge in [0.15, 0.2) is 0 Å². The second-order valence-electron chi connectivity index (χ2n) is 7.36. The molecule has 3 rings (SSSR count). The number of likely N-dealkylation sites (N-methyl/N-ethyl adjacent to an activating group) is 1. The summed E-state index contributed by atoms with van der Waals surface area (Å²) in [7, 11) is 2.14. The summed E-state index contributed by atoms with van der Waals surface area (Å²) in [4.78, 5) is 23.3. The summed E-state index contributed by atoms with van der Waals surface area (Å²) in [5.74, 6) is 2.27. The number of likely N-dealkylation sites (tertiary alicyclic amines) is 1. The second kappa shape index (κ2) is 7.49. The Hall–Kier alpha value is -1.65. The summed E-state index contributed by atoms with van der Waals surface area (Å²) in [6, 6.07) is 2.31. The van der Waals surface area contributed by atoms with Gasteiger partial charge in [0.25, 0.3) is 0 Å². The Morgan fingerprint density at radius 1 is 1.46 bits per heavy atom. The number of nitrogens with zero attached hydrogens (tertiary/aromatic N) is 5. The van der Waals surface area contributed by atoms with Crippen LogP contribution in [0.15, 0.2) is 4.99 Å². The molecular formula is C17H28N6O. The van der Waals surface area contributed by atoms with E-state index in [9.17, 15) is 4.79 Å². The fourth-order valence-corrected chi connectivity index (χ4v) is 4.12. The third-order valence-electron chi connectivity index (χ3n) is 5.60. The Labute approximate surface area is 144 Å². The summed E-state index contributed by atoms with van der Waals surface area (Å²) < 4.78 is 0. The van der Waals surface area contributed by atoms with Gasteiger partial charge in [-0.1, -0.05) is 6.92 Å². The van der Waals surface area contributed by atoms with Crippen molar-refractivity contribution in [2.75, 3.05) is 46.6 Å². The largest absolute Gasteiger partial charge is 0.373 e. The van der Waals surface area contributed by atoms with E-state index in [0.717, 1.165) is 45.9 Å². The number of hydrogen-bond donors (Lipinski definition) is 1. The number of aliphatic imine (C=N–C) groups is 1. The third-order valence-corrected chi connectivity index (χ3v) is 5.60. The zero-order chi connectivity index (χ0) is 17.1. The topological polar surface area (TPSA) is 75.0 Å². The van der Waals surface area contributed by atoms with Gasteiger partial charge in [-0.2, -0.15) is 5.26 Å². The lowest BCUT2D eigenvalue weighted by Gasteiger charge is -2.43. The Morgan fingerprint density at radius 2 is 2.29 bits per heavy atom. The van der Waals surface area contributed by atoms with Crippen LogP contribution in [-0.2, 0) is 4.79 Å². The molecule has 7 heteroatoms. The zero-order valence-electron chi connectivity index (χ0n) is 14.7. The SMILES string of the molecule is CC1CCN(C(=O)CC#N)CC1N(C)CN1CN=C2NCCC2C1. The second-order valence-corrected chi connectivity index (χ2v) is 7.36. The Balaban J connectivity index is 1.56. The van der Waals surface area contributed by atoms with Crippen molar-refractivity contribution in [3.63, 3.8) is 0 Å². The van der Waals surface area contributed by atoms with Crippen LogP contribution in [0.2, 0.25) is 0 Å². The molecule has 3 atom stereocenters. The smallest absolute Gasteiger partial charge is 0.236 e. The maximum absolute atomic E-state index is 12.0. The molecule has 1 N–H and O–H groups in total. The van der Waals surface area contributed by atoms with Crippen molar-refractivity contribution in [1.29, 1.82) is 5.26 Å². The van der Waals surface area contributed by atoms with Crippen molar-refractivity contribution in [2.24, 2.45) is 16.8 Å². The average Bonchev–Trinajstić information content (AvgIpc) is 3.03. The lowest BCUT2D eigenvalue weighted by atomic mass is 9.92. The first-order valence-electron chi connectivity index (χ1n) is 8.94. The van der Waals surface area contributed by atoms with Crippen molar-refractivity contribution in [1.82, 2.24) is 20.0 Å². The Kier molecular flexibility index (Phi) is 5.36. The number of nitriles is 1. The average molecular weight is 332 g/mol. The first-order chi connectivity index (χ1) is 11.6. The molecule has 0 radical (unpaired) electrons. The van der Waals surface area contributed by atoms with Crippen molar-refractivity contribution >= 4 is 11.7 Å². The lowest BCUT2D eigenvalue weighted by molar-refractivity contribution is -0.133. The maximum atomic E-state index is 12.0. The Morgan fingerprint density at radius 3 is 3.08 bits per heavy atom. The van der Waals surface area contributed by atoms with E-state index in [1.165, 1.54) is 12.3 Å². The molecule has 0 aromatic rings. The van der Waals surface area contributed by atoms with Gasteiger partial charge in [-0.15, -0.1) is 0 Å². The molecule has 3 aliphatic rings.